The maximum absolute atomic E-state index is 2.36. The molecule has 1 heteroatoms. The van der Waals surface area contributed by atoms with Gasteiger partial charge in [0.05, 0.1) is 0 Å². The van der Waals surface area contributed by atoms with Gasteiger partial charge in [-0.3, -0.25) is 0 Å². The van der Waals surface area contributed by atoms with E-state index in [1.165, 1.54) is 54.9 Å². The SMILES string of the molecule is c1ccc(-c2cccc(N(c3ccc(-c4c(-c5ccccc5)ccc5ccccc45)cc3)c3ccc4ccccc4c3)c2)cc1. The van der Waals surface area contributed by atoms with E-state index >= 15 is 0 Å². The topological polar surface area (TPSA) is 3.24 Å². The normalized spacial score (nSPS) is 11.1. The van der Waals surface area contributed by atoms with Gasteiger partial charge in [0.1, 0.15) is 0 Å². The van der Waals surface area contributed by atoms with Crippen molar-refractivity contribution in [1.29, 1.82) is 0 Å². The highest BCUT2D eigenvalue weighted by Gasteiger charge is 2.16. The molecule has 8 rings (SSSR count). The second-order valence-corrected chi connectivity index (χ2v) is 11.4. The Bertz CT molecular complexity index is 2250. The maximum Gasteiger partial charge on any atom is 0.0468 e. The quantitative estimate of drug-likeness (QED) is 0.191. The molecule has 0 bridgehead atoms. The van der Waals surface area contributed by atoms with Crippen molar-refractivity contribution >= 4 is 38.6 Å². The van der Waals surface area contributed by atoms with Crippen molar-refractivity contribution in [2.45, 2.75) is 0 Å². The second kappa shape index (κ2) is 11.6. The van der Waals surface area contributed by atoms with Gasteiger partial charge in [0, 0.05) is 17.1 Å². The summed E-state index contributed by atoms with van der Waals surface area (Å²) in [7, 11) is 0. The van der Waals surface area contributed by atoms with Crippen LogP contribution in [0.3, 0.4) is 0 Å². The molecule has 0 radical (unpaired) electrons. The Morgan fingerprint density at radius 3 is 1.64 bits per heavy atom. The van der Waals surface area contributed by atoms with Crippen LogP contribution >= 0.6 is 0 Å². The Morgan fingerprint density at radius 2 is 0.867 bits per heavy atom. The first-order valence-corrected chi connectivity index (χ1v) is 15.4. The second-order valence-electron chi connectivity index (χ2n) is 11.4. The van der Waals surface area contributed by atoms with E-state index in [0.29, 0.717) is 0 Å². The molecule has 1 nitrogen and oxygen atoms in total. The number of fused-ring (bicyclic) bond motifs is 2. The molecule has 0 aliphatic heterocycles. The number of benzene rings is 8. The molecule has 0 spiro atoms. The van der Waals surface area contributed by atoms with E-state index in [1.807, 2.05) is 0 Å². The molecular weight excluding hydrogens is 542 g/mol. The smallest absolute Gasteiger partial charge is 0.0468 e. The highest BCUT2D eigenvalue weighted by atomic mass is 15.1. The summed E-state index contributed by atoms with van der Waals surface area (Å²) in [6, 6.07) is 67.7. The summed E-state index contributed by atoms with van der Waals surface area (Å²) in [5.41, 5.74) is 10.7. The average Bonchev–Trinajstić information content (AvgIpc) is 3.12. The van der Waals surface area contributed by atoms with Gasteiger partial charge in [-0.05, 0) is 91.3 Å². The van der Waals surface area contributed by atoms with Gasteiger partial charge in [0.25, 0.3) is 0 Å². The van der Waals surface area contributed by atoms with Crippen molar-refractivity contribution in [3.8, 4) is 33.4 Å². The van der Waals surface area contributed by atoms with Crippen LogP contribution in [0.5, 0.6) is 0 Å². The summed E-state index contributed by atoms with van der Waals surface area (Å²) in [6.45, 7) is 0. The van der Waals surface area contributed by atoms with E-state index in [0.717, 1.165) is 17.1 Å². The summed E-state index contributed by atoms with van der Waals surface area (Å²) in [5.74, 6) is 0. The zero-order valence-electron chi connectivity index (χ0n) is 24.8. The summed E-state index contributed by atoms with van der Waals surface area (Å²) in [4.78, 5) is 2.36. The first-order valence-electron chi connectivity index (χ1n) is 15.4. The highest BCUT2D eigenvalue weighted by molar-refractivity contribution is 6.04. The van der Waals surface area contributed by atoms with Crippen molar-refractivity contribution in [1.82, 2.24) is 0 Å². The Hall–Kier alpha value is -5.92. The fourth-order valence-electron chi connectivity index (χ4n) is 6.44. The number of hydrogen-bond donors (Lipinski definition) is 0. The lowest BCUT2D eigenvalue weighted by atomic mass is 9.89. The number of nitrogens with zero attached hydrogens (tertiary/aromatic N) is 1. The van der Waals surface area contributed by atoms with E-state index in [9.17, 15) is 0 Å². The lowest BCUT2D eigenvalue weighted by Gasteiger charge is -2.27. The predicted molar refractivity (Wildman–Crippen MR) is 192 cm³/mol. The lowest BCUT2D eigenvalue weighted by Crippen LogP contribution is -2.10. The molecule has 0 saturated heterocycles. The van der Waals surface area contributed by atoms with Gasteiger partial charge in [0.2, 0.25) is 0 Å². The fourth-order valence-corrected chi connectivity index (χ4v) is 6.44. The monoisotopic (exact) mass is 573 g/mol. The number of hydrogen-bond acceptors (Lipinski definition) is 1. The van der Waals surface area contributed by atoms with Crippen molar-refractivity contribution < 1.29 is 0 Å². The third kappa shape index (κ3) is 5.15. The van der Waals surface area contributed by atoms with E-state index in [-0.39, 0.29) is 0 Å². The van der Waals surface area contributed by atoms with Crippen LogP contribution in [0.2, 0.25) is 0 Å². The van der Waals surface area contributed by atoms with Gasteiger partial charge >= 0.3 is 0 Å². The van der Waals surface area contributed by atoms with Gasteiger partial charge in [-0.2, -0.15) is 0 Å². The molecule has 0 amide bonds. The van der Waals surface area contributed by atoms with Crippen LogP contribution in [-0.4, -0.2) is 0 Å². The summed E-state index contributed by atoms with van der Waals surface area (Å²) >= 11 is 0. The molecule has 8 aromatic rings. The molecule has 0 N–H and O–H groups in total. The first-order chi connectivity index (χ1) is 22.3. The van der Waals surface area contributed by atoms with Crippen LogP contribution in [0.1, 0.15) is 0 Å². The molecular formula is C44H31N. The van der Waals surface area contributed by atoms with Crippen LogP contribution in [0.25, 0.3) is 54.9 Å². The van der Waals surface area contributed by atoms with Crippen LogP contribution in [0, 0.1) is 0 Å². The molecule has 0 unspecified atom stereocenters. The molecule has 0 atom stereocenters. The standard InChI is InChI=1S/C44H31N/c1-3-12-32(13-4-1)38-19-11-20-40(30-38)45(41-28-22-33-14-7-8-18-37(33)31-41)39-26-23-36(24-27-39)44-42-21-10-9-17-35(42)25-29-43(44)34-15-5-2-6-16-34/h1-31H. The van der Waals surface area contributed by atoms with Crippen LogP contribution in [0.15, 0.2) is 188 Å². The Balaban J connectivity index is 1.28. The Kier molecular flexibility index (Phi) is 6.90. The van der Waals surface area contributed by atoms with Gasteiger partial charge in [-0.25, -0.2) is 0 Å². The van der Waals surface area contributed by atoms with Crippen molar-refractivity contribution in [2.24, 2.45) is 0 Å². The third-order valence-electron chi connectivity index (χ3n) is 8.63. The first kappa shape index (κ1) is 26.7. The summed E-state index contributed by atoms with van der Waals surface area (Å²) < 4.78 is 0. The molecule has 0 aromatic heterocycles. The summed E-state index contributed by atoms with van der Waals surface area (Å²) in [5, 5.41) is 4.96. The molecule has 45 heavy (non-hydrogen) atoms. The highest BCUT2D eigenvalue weighted by Crippen LogP contribution is 2.41. The number of rotatable bonds is 6. The molecule has 8 aromatic carbocycles. The van der Waals surface area contributed by atoms with Gasteiger partial charge < -0.3 is 4.90 Å². The van der Waals surface area contributed by atoms with Crippen molar-refractivity contribution in [3.63, 3.8) is 0 Å². The summed E-state index contributed by atoms with van der Waals surface area (Å²) in [6.07, 6.45) is 0. The minimum absolute atomic E-state index is 1.11. The zero-order chi connectivity index (χ0) is 30.0. The third-order valence-corrected chi connectivity index (χ3v) is 8.63. The molecule has 0 aliphatic rings. The molecule has 0 saturated carbocycles. The molecule has 0 fully saturated rings. The zero-order valence-corrected chi connectivity index (χ0v) is 24.8. The van der Waals surface area contributed by atoms with Crippen LogP contribution < -0.4 is 4.90 Å². The lowest BCUT2D eigenvalue weighted by molar-refractivity contribution is 1.29. The fraction of sp³-hybridized carbons (Fsp3) is 0. The molecule has 0 aliphatic carbocycles. The minimum atomic E-state index is 1.11. The van der Waals surface area contributed by atoms with E-state index < -0.39 is 0 Å². The van der Waals surface area contributed by atoms with E-state index in [2.05, 4.69) is 193 Å². The molecule has 0 heterocycles. The van der Waals surface area contributed by atoms with Crippen LogP contribution in [0.4, 0.5) is 17.1 Å². The Labute approximate surface area is 264 Å². The van der Waals surface area contributed by atoms with Crippen molar-refractivity contribution in [3.05, 3.63) is 188 Å². The van der Waals surface area contributed by atoms with E-state index in [4.69, 9.17) is 0 Å². The number of anilines is 3. The van der Waals surface area contributed by atoms with E-state index in [1.54, 1.807) is 0 Å². The maximum atomic E-state index is 2.36. The van der Waals surface area contributed by atoms with Crippen LogP contribution in [-0.2, 0) is 0 Å². The molecule has 212 valence electrons. The van der Waals surface area contributed by atoms with Gasteiger partial charge in [-0.1, -0.05) is 152 Å². The van der Waals surface area contributed by atoms with Crippen molar-refractivity contribution in [2.75, 3.05) is 4.90 Å². The largest absolute Gasteiger partial charge is 0.310 e. The average molecular weight is 574 g/mol. The van der Waals surface area contributed by atoms with Gasteiger partial charge in [-0.15, -0.1) is 0 Å². The van der Waals surface area contributed by atoms with Gasteiger partial charge in [0.15, 0.2) is 0 Å². The minimum Gasteiger partial charge on any atom is -0.310 e. The predicted octanol–water partition coefficient (Wildman–Crippen LogP) is 12.5. The Morgan fingerprint density at radius 1 is 0.289 bits per heavy atom.